The van der Waals surface area contributed by atoms with E-state index in [1.807, 2.05) is 37.3 Å². The topological polar surface area (TPSA) is 61.4 Å². The maximum atomic E-state index is 13.7. The summed E-state index contributed by atoms with van der Waals surface area (Å²) < 4.78 is 13.7. The van der Waals surface area contributed by atoms with Crippen LogP contribution in [0.15, 0.2) is 48.5 Å². The zero-order valence-electron chi connectivity index (χ0n) is 16.3. The van der Waals surface area contributed by atoms with E-state index in [2.05, 4.69) is 10.6 Å². The number of urea groups is 1. The van der Waals surface area contributed by atoms with Gasteiger partial charge in [-0.25, -0.2) is 9.18 Å². The number of hydrogen-bond acceptors (Lipinski definition) is 2. The average Bonchev–Trinajstić information content (AvgIpc) is 2.69. The Morgan fingerprint density at radius 3 is 2.64 bits per heavy atom. The van der Waals surface area contributed by atoms with E-state index in [1.165, 1.54) is 6.07 Å². The highest BCUT2D eigenvalue weighted by Crippen LogP contribution is 2.30. The molecule has 1 unspecified atom stereocenters. The number of benzene rings is 2. The maximum Gasteiger partial charge on any atom is 0.321 e. The molecular formula is C22H26FN3O2. The van der Waals surface area contributed by atoms with Gasteiger partial charge in [-0.3, -0.25) is 4.79 Å². The van der Waals surface area contributed by atoms with E-state index >= 15 is 0 Å². The van der Waals surface area contributed by atoms with Crippen molar-refractivity contribution in [3.63, 3.8) is 0 Å². The predicted molar refractivity (Wildman–Crippen MR) is 107 cm³/mol. The molecule has 1 heterocycles. The zero-order valence-corrected chi connectivity index (χ0v) is 16.3. The molecule has 3 amide bonds. The van der Waals surface area contributed by atoms with Crippen molar-refractivity contribution < 1.29 is 14.0 Å². The standard InChI is InChI=1S/C22H26FN3O2/c1-16-9-10-18(13-19(16)23)25-21(28)26-12-6-11-22(2,15-26)20(27)24-14-17-7-4-3-5-8-17/h3-5,7-10,13H,6,11-12,14-15H2,1-2H3,(H,24,27)(H,25,28). The lowest BCUT2D eigenvalue weighted by molar-refractivity contribution is -0.132. The normalized spacial score (nSPS) is 19.2. The number of carbonyl (C=O) groups is 2. The van der Waals surface area contributed by atoms with Crippen molar-refractivity contribution in [1.82, 2.24) is 10.2 Å². The molecule has 2 aromatic carbocycles. The first-order valence-electron chi connectivity index (χ1n) is 9.52. The number of piperidine rings is 1. The second kappa shape index (κ2) is 8.42. The summed E-state index contributed by atoms with van der Waals surface area (Å²) in [5.74, 6) is -0.420. The molecule has 148 valence electrons. The van der Waals surface area contributed by atoms with Gasteiger partial charge < -0.3 is 15.5 Å². The number of aryl methyl sites for hydroxylation is 1. The minimum atomic E-state index is -0.650. The van der Waals surface area contributed by atoms with Crippen LogP contribution in [0, 0.1) is 18.2 Å². The molecular weight excluding hydrogens is 357 g/mol. The third-order valence-corrected chi connectivity index (χ3v) is 5.25. The van der Waals surface area contributed by atoms with Crippen LogP contribution in [0.5, 0.6) is 0 Å². The largest absolute Gasteiger partial charge is 0.351 e. The van der Waals surface area contributed by atoms with E-state index in [-0.39, 0.29) is 17.8 Å². The molecule has 0 aliphatic carbocycles. The first-order valence-corrected chi connectivity index (χ1v) is 9.52. The van der Waals surface area contributed by atoms with E-state index in [4.69, 9.17) is 0 Å². The van der Waals surface area contributed by atoms with E-state index in [9.17, 15) is 14.0 Å². The molecule has 1 saturated heterocycles. The molecule has 6 heteroatoms. The quantitative estimate of drug-likeness (QED) is 0.836. The van der Waals surface area contributed by atoms with Crippen LogP contribution < -0.4 is 10.6 Å². The van der Waals surface area contributed by atoms with Crippen LogP contribution in [-0.4, -0.2) is 29.9 Å². The van der Waals surface area contributed by atoms with Crippen LogP contribution >= 0.6 is 0 Å². The highest BCUT2D eigenvalue weighted by atomic mass is 19.1. The fourth-order valence-electron chi connectivity index (χ4n) is 3.46. The summed E-state index contributed by atoms with van der Waals surface area (Å²) in [4.78, 5) is 27.0. The predicted octanol–water partition coefficient (Wildman–Crippen LogP) is 4.08. The Kier molecular flexibility index (Phi) is 5.97. The lowest BCUT2D eigenvalue weighted by atomic mass is 9.81. The summed E-state index contributed by atoms with van der Waals surface area (Å²) >= 11 is 0. The number of likely N-dealkylation sites (tertiary alicyclic amines) is 1. The SMILES string of the molecule is Cc1ccc(NC(=O)N2CCCC(C)(C(=O)NCc3ccccc3)C2)cc1F. The summed E-state index contributed by atoms with van der Waals surface area (Å²) in [5.41, 5.74) is 1.32. The van der Waals surface area contributed by atoms with Gasteiger partial charge in [-0.05, 0) is 49.9 Å². The van der Waals surface area contributed by atoms with Gasteiger partial charge in [0.05, 0.1) is 5.41 Å². The zero-order chi connectivity index (χ0) is 20.1. The number of nitrogens with zero attached hydrogens (tertiary/aromatic N) is 1. The van der Waals surface area contributed by atoms with Crippen molar-refractivity contribution in [3.8, 4) is 0 Å². The fourth-order valence-corrected chi connectivity index (χ4v) is 3.46. The number of carbonyl (C=O) groups excluding carboxylic acids is 2. The Labute approximate surface area is 164 Å². The fraction of sp³-hybridized carbons (Fsp3) is 0.364. The van der Waals surface area contributed by atoms with Crippen molar-refractivity contribution in [2.24, 2.45) is 5.41 Å². The lowest BCUT2D eigenvalue weighted by Crippen LogP contribution is -2.52. The Balaban J connectivity index is 1.60. The summed E-state index contributed by atoms with van der Waals surface area (Å²) in [6, 6.07) is 14.0. The van der Waals surface area contributed by atoms with Gasteiger partial charge in [-0.2, -0.15) is 0 Å². The Morgan fingerprint density at radius 2 is 1.93 bits per heavy atom. The monoisotopic (exact) mass is 383 g/mol. The van der Waals surface area contributed by atoms with Gasteiger partial charge in [0, 0.05) is 25.3 Å². The Bertz CT molecular complexity index is 856. The number of rotatable bonds is 4. The second-order valence-corrected chi connectivity index (χ2v) is 7.65. The van der Waals surface area contributed by atoms with Crippen molar-refractivity contribution in [2.45, 2.75) is 33.2 Å². The average molecular weight is 383 g/mol. The van der Waals surface area contributed by atoms with Gasteiger partial charge in [-0.1, -0.05) is 36.4 Å². The second-order valence-electron chi connectivity index (χ2n) is 7.65. The molecule has 1 fully saturated rings. The summed E-state index contributed by atoms with van der Waals surface area (Å²) in [6.07, 6.45) is 1.46. The van der Waals surface area contributed by atoms with Crippen LogP contribution in [0.4, 0.5) is 14.9 Å². The Morgan fingerprint density at radius 1 is 1.18 bits per heavy atom. The van der Waals surface area contributed by atoms with Gasteiger partial charge in [0.25, 0.3) is 0 Å². The Hall–Kier alpha value is -2.89. The van der Waals surface area contributed by atoms with Crippen LogP contribution in [-0.2, 0) is 11.3 Å². The molecule has 0 radical (unpaired) electrons. The molecule has 0 saturated carbocycles. The molecule has 2 N–H and O–H groups in total. The smallest absolute Gasteiger partial charge is 0.321 e. The number of nitrogens with one attached hydrogen (secondary N) is 2. The molecule has 5 nitrogen and oxygen atoms in total. The minimum Gasteiger partial charge on any atom is -0.351 e. The van der Waals surface area contributed by atoms with Crippen LogP contribution in [0.2, 0.25) is 0 Å². The molecule has 2 aromatic rings. The van der Waals surface area contributed by atoms with E-state index in [0.717, 1.165) is 18.4 Å². The van der Waals surface area contributed by atoms with Gasteiger partial charge >= 0.3 is 6.03 Å². The molecule has 0 bridgehead atoms. The number of anilines is 1. The van der Waals surface area contributed by atoms with E-state index in [0.29, 0.717) is 30.9 Å². The molecule has 3 rings (SSSR count). The van der Waals surface area contributed by atoms with Gasteiger partial charge in [0.1, 0.15) is 5.82 Å². The lowest BCUT2D eigenvalue weighted by Gasteiger charge is -2.39. The third kappa shape index (κ3) is 4.68. The highest BCUT2D eigenvalue weighted by Gasteiger charge is 2.39. The number of halogens is 1. The summed E-state index contributed by atoms with van der Waals surface area (Å²) in [7, 11) is 0. The van der Waals surface area contributed by atoms with Crippen molar-refractivity contribution in [1.29, 1.82) is 0 Å². The van der Waals surface area contributed by atoms with Crippen LogP contribution in [0.25, 0.3) is 0 Å². The summed E-state index contributed by atoms with van der Waals surface area (Å²) in [6.45, 7) is 4.92. The maximum absolute atomic E-state index is 13.7. The molecule has 1 aliphatic rings. The van der Waals surface area contributed by atoms with Gasteiger partial charge in [-0.15, -0.1) is 0 Å². The number of hydrogen-bond donors (Lipinski definition) is 2. The first-order chi connectivity index (χ1) is 13.4. The first kappa shape index (κ1) is 19.9. The molecule has 1 aliphatic heterocycles. The van der Waals surface area contributed by atoms with Crippen molar-refractivity contribution >= 4 is 17.6 Å². The highest BCUT2D eigenvalue weighted by molar-refractivity contribution is 5.90. The van der Waals surface area contributed by atoms with Crippen molar-refractivity contribution in [3.05, 3.63) is 65.5 Å². The van der Waals surface area contributed by atoms with E-state index < -0.39 is 5.41 Å². The number of amides is 3. The van der Waals surface area contributed by atoms with Gasteiger partial charge in [0.2, 0.25) is 5.91 Å². The van der Waals surface area contributed by atoms with Crippen LogP contribution in [0.1, 0.15) is 30.9 Å². The minimum absolute atomic E-state index is 0.0600. The van der Waals surface area contributed by atoms with E-state index in [1.54, 1.807) is 24.0 Å². The molecule has 0 aromatic heterocycles. The molecule has 0 spiro atoms. The van der Waals surface area contributed by atoms with Crippen LogP contribution in [0.3, 0.4) is 0 Å². The third-order valence-electron chi connectivity index (χ3n) is 5.25. The summed E-state index contributed by atoms with van der Waals surface area (Å²) in [5, 5.41) is 5.71. The molecule has 1 atom stereocenters. The molecule has 28 heavy (non-hydrogen) atoms. The van der Waals surface area contributed by atoms with Crippen molar-refractivity contribution in [2.75, 3.05) is 18.4 Å². The van der Waals surface area contributed by atoms with Gasteiger partial charge in [0.15, 0.2) is 0 Å².